The highest BCUT2D eigenvalue weighted by Crippen LogP contribution is 2.41. The molecule has 1 saturated heterocycles. The Bertz CT molecular complexity index is 1290. The number of nitrogens with two attached hydrogens (primary N) is 2. The van der Waals surface area contributed by atoms with E-state index in [0.29, 0.717) is 10.6 Å². The fourth-order valence-corrected chi connectivity index (χ4v) is 5.63. The predicted molar refractivity (Wildman–Crippen MR) is 125 cm³/mol. The molecule has 0 bridgehead atoms. The number of β-lactam (4-membered cyclic amide) rings is 1. The van der Waals surface area contributed by atoms with E-state index >= 15 is 0 Å². The molecule has 2 aliphatic rings. The van der Waals surface area contributed by atoms with Crippen molar-refractivity contribution in [3.05, 3.63) is 34.6 Å². The molecule has 8 N–H and O–H groups in total. The largest absolute Gasteiger partial charge is 0.479 e. The molecule has 2 amide bonds. The number of nitrogen functional groups attached to an aromatic ring is 2. The van der Waals surface area contributed by atoms with Crippen LogP contribution < -0.4 is 16.8 Å². The predicted octanol–water partition coefficient (Wildman–Crippen LogP) is -0.579. The lowest BCUT2D eigenvalue weighted by molar-refractivity contribution is -0.150. The van der Waals surface area contributed by atoms with Gasteiger partial charge in [0.1, 0.15) is 28.0 Å². The maximum Gasteiger partial charge on any atom is 0.352 e. The van der Waals surface area contributed by atoms with Gasteiger partial charge in [0.25, 0.3) is 11.8 Å². The van der Waals surface area contributed by atoms with Crippen LogP contribution in [0.5, 0.6) is 6.01 Å². The van der Waals surface area contributed by atoms with Gasteiger partial charge in [-0.3, -0.25) is 14.5 Å². The molecule has 2 aromatic heterocycles. The number of aliphatic carboxylic acids is 1. The Morgan fingerprint density at radius 2 is 2.09 bits per heavy atom. The zero-order valence-electron chi connectivity index (χ0n) is 17.2. The first-order valence-corrected chi connectivity index (χ1v) is 12.1. The van der Waals surface area contributed by atoms with Crippen LogP contribution in [-0.4, -0.2) is 80.3 Å². The van der Waals surface area contributed by atoms with E-state index in [9.17, 15) is 29.8 Å². The SMILES string of the molecule is Nc1cc(S/C=C/C2=C(C(=O)O)N3C(=O)[C@@H](NC(=O)C(=NO)c4nsc(N)n4)[C@H]3SC2)nc(O)n1. The van der Waals surface area contributed by atoms with Crippen molar-refractivity contribution in [2.75, 3.05) is 17.2 Å². The number of carboxylic acid groups (broad SMARTS) is 1. The van der Waals surface area contributed by atoms with Gasteiger partial charge >= 0.3 is 12.0 Å². The zero-order valence-corrected chi connectivity index (χ0v) is 19.7. The summed E-state index contributed by atoms with van der Waals surface area (Å²) in [5.74, 6) is -2.80. The van der Waals surface area contributed by atoms with Gasteiger partial charge in [-0.05, 0) is 17.1 Å². The number of carbonyl (C=O) groups is 3. The van der Waals surface area contributed by atoms with Crippen LogP contribution in [0.2, 0.25) is 0 Å². The number of nitrogens with one attached hydrogen (secondary N) is 1. The Kier molecular flexibility index (Phi) is 6.76. The van der Waals surface area contributed by atoms with Crippen molar-refractivity contribution < 1.29 is 29.8 Å². The number of aromatic nitrogens is 4. The second-order valence-electron chi connectivity index (χ2n) is 6.80. The van der Waals surface area contributed by atoms with E-state index in [-0.39, 0.29) is 28.2 Å². The third-order valence-corrected chi connectivity index (χ3v) is 7.19. The summed E-state index contributed by atoms with van der Waals surface area (Å²) in [7, 11) is 0. The van der Waals surface area contributed by atoms with Crippen LogP contribution in [0.15, 0.2) is 39.0 Å². The summed E-state index contributed by atoms with van der Waals surface area (Å²) in [5, 5.41) is 34.9. The molecule has 15 nitrogen and oxygen atoms in total. The van der Waals surface area contributed by atoms with E-state index in [1.54, 1.807) is 5.41 Å². The molecule has 4 heterocycles. The van der Waals surface area contributed by atoms with Crippen LogP contribution in [0.3, 0.4) is 0 Å². The van der Waals surface area contributed by atoms with E-state index in [4.69, 9.17) is 11.5 Å². The molecular formula is C17H15N9O6S3. The molecule has 2 aliphatic heterocycles. The molecule has 18 heteroatoms. The average molecular weight is 538 g/mol. The first-order valence-electron chi connectivity index (χ1n) is 9.40. The van der Waals surface area contributed by atoms with E-state index in [2.05, 4.69) is 29.8 Å². The number of thioether (sulfide) groups is 2. The molecular weight excluding hydrogens is 522 g/mol. The molecule has 0 aliphatic carbocycles. The normalized spacial score (nSPS) is 20.1. The minimum Gasteiger partial charge on any atom is -0.479 e. The number of carboxylic acids is 1. The number of rotatable bonds is 7. The van der Waals surface area contributed by atoms with E-state index in [1.807, 2.05) is 0 Å². The van der Waals surface area contributed by atoms with Crippen LogP contribution in [0.25, 0.3) is 0 Å². The molecule has 4 rings (SSSR count). The summed E-state index contributed by atoms with van der Waals surface area (Å²) >= 11 is 3.10. The molecule has 0 spiro atoms. The number of carbonyl (C=O) groups excluding carboxylic acids is 2. The maximum absolute atomic E-state index is 12.8. The molecule has 0 saturated carbocycles. The van der Waals surface area contributed by atoms with Crippen LogP contribution >= 0.6 is 35.1 Å². The Morgan fingerprint density at radius 3 is 2.71 bits per heavy atom. The van der Waals surface area contributed by atoms with Crippen molar-refractivity contribution in [1.82, 2.24) is 29.5 Å². The first kappa shape index (κ1) is 24.2. The highest BCUT2D eigenvalue weighted by atomic mass is 32.2. The number of nitrogens with zero attached hydrogens (tertiary/aromatic N) is 6. The van der Waals surface area contributed by atoms with Crippen molar-refractivity contribution >= 4 is 69.5 Å². The number of hydrogen-bond donors (Lipinski definition) is 6. The number of amides is 2. The summed E-state index contributed by atoms with van der Waals surface area (Å²) in [6.45, 7) is 0. The Hall–Kier alpha value is -3.90. The number of oxime groups is 1. The summed E-state index contributed by atoms with van der Waals surface area (Å²) in [6.07, 6.45) is 1.51. The number of allylic oxidation sites excluding steroid dienone is 1. The van der Waals surface area contributed by atoms with Crippen molar-refractivity contribution in [2.45, 2.75) is 16.4 Å². The molecule has 182 valence electrons. The van der Waals surface area contributed by atoms with Crippen LogP contribution in [0, 0.1) is 0 Å². The van der Waals surface area contributed by atoms with Crippen molar-refractivity contribution in [1.29, 1.82) is 0 Å². The van der Waals surface area contributed by atoms with Gasteiger partial charge in [-0.2, -0.15) is 19.3 Å². The minimum atomic E-state index is -1.32. The fraction of sp³-hybridized carbons (Fsp3) is 0.176. The first-order chi connectivity index (χ1) is 16.7. The molecule has 0 radical (unpaired) electrons. The zero-order chi connectivity index (χ0) is 25.3. The monoisotopic (exact) mass is 537 g/mol. The van der Waals surface area contributed by atoms with Gasteiger partial charge < -0.3 is 32.2 Å². The van der Waals surface area contributed by atoms with E-state index < -0.39 is 40.9 Å². The number of anilines is 2. The van der Waals surface area contributed by atoms with Crippen LogP contribution in [0.1, 0.15) is 5.82 Å². The minimum absolute atomic E-state index is 0.0534. The second-order valence-corrected chi connectivity index (χ2v) is 9.61. The molecule has 0 unspecified atom stereocenters. The van der Waals surface area contributed by atoms with E-state index in [0.717, 1.165) is 28.2 Å². The summed E-state index contributed by atoms with van der Waals surface area (Å²) < 4.78 is 3.79. The molecule has 2 aromatic rings. The lowest BCUT2D eigenvalue weighted by Gasteiger charge is -2.49. The Labute approximate surface area is 208 Å². The quantitative estimate of drug-likeness (QED) is 0.0646. The smallest absolute Gasteiger partial charge is 0.352 e. The molecule has 35 heavy (non-hydrogen) atoms. The van der Waals surface area contributed by atoms with Crippen molar-refractivity contribution in [3.8, 4) is 6.01 Å². The van der Waals surface area contributed by atoms with Crippen molar-refractivity contribution in [3.63, 3.8) is 0 Å². The number of fused-ring (bicyclic) bond motifs is 1. The molecule has 0 aromatic carbocycles. The van der Waals surface area contributed by atoms with Gasteiger partial charge in [0.15, 0.2) is 5.13 Å². The third-order valence-electron chi connectivity index (χ3n) is 4.62. The van der Waals surface area contributed by atoms with E-state index in [1.165, 1.54) is 23.9 Å². The van der Waals surface area contributed by atoms with Gasteiger partial charge in [-0.15, -0.1) is 11.8 Å². The average Bonchev–Trinajstić information content (AvgIpc) is 3.22. The summed E-state index contributed by atoms with van der Waals surface area (Å²) in [6, 6.07) is -0.120. The maximum atomic E-state index is 12.8. The van der Waals surface area contributed by atoms with Crippen LogP contribution in [0.4, 0.5) is 10.9 Å². The highest BCUT2D eigenvalue weighted by molar-refractivity contribution is 8.02. The third kappa shape index (κ3) is 4.84. The molecule has 1 fully saturated rings. The lowest BCUT2D eigenvalue weighted by atomic mass is 10.0. The lowest BCUT2D eigenvalue weighted by Crippen LogP contribution is -2.71. The summed E-state index contributed by atoms with van der Waals surface area (Å²) in [5.41, 5.74) is 10.6. The highest BCUT2D eigenvalue weighted by Gasteiger charge is 2.54. The number of hydrogen-bond acceptors (Lipinski definition) is 15. The van der Waals surface area contributed by atoms with Gasteiger partial charge in [-0.1, -0.05) is 16.9 Å². The van der Waals surface area contributed by atoms with Crippen molar-refractivity contribution in [2.24, 2.45) is 5.16 Å². The topological polar surface area (TPSA) is 243 Å². The molecule has 2 atom stereocenters. The standard InChI is InChI=1S/C17H15N9O6S3/c18-6-3-7(21-17(31)20-6)33-2-1-5-4-34-14-9(13(28)26(14)10(5)15(29)30)22-12(27)8(24-32)11-23-16(19)35-25-11/h1-3,9,14,32H,4H2,(H,22,27)(H,29,30)(H2,19,23,25)(H3,18,20,21,31)/b2-1+,24-8?/t9-,14-/m1/s1. The summed E-state index contributed by atoms with van der Waals surface area (Å²) in [4.78, 5) is 49.5. The van der Waals surface area contributed by atoms with Gasteiger partial charge in [0.2, 0.25) is 11.5 Å². The fourth-order valence-electron chi connectivity index (χ4n) is 3.18. The van der Waals surface area contributed by atoms with Gasteiger partial charge in [-0.25, -0.2) is 4.79 Å². The van der Waals surface area contributed by atoms with Gasteiger partial charge in [0, 0.05) is 23.4 Å². The van der Waals surface area contributed by atoms with Crippen LogP contribution in [-0.2, 0) is 14.4 Å². The Morgan fingerprint density at radius 1 is 1.31 bits per heavy atom. The Balaban J connectivity index is 1.48. The number of aromatic hydroxyl groups is 1. The van der Waals surface area contributed by atoms with Gasteiger partial charge in [0.05, 0.1) is 0 Å². The second kappa shape index (κ2) is 9.76.